The lowest BCUT2D eigenvalue weighted by Gasteiger charge is -2.29. The lowest BCUT2D eigenvalue weighted by molar-refractivity contribution is -0.134. The van der Waals surface area contributed by atoms with Crippen LogP contribution in [0.2, 0.25) is 0 Å². The number of carbonyl (C=O) groups is 1. The van der Waals surface area contributed by atoms with E-state index in [1.807, 2.05) is 0 Å². The van der Waals surface area contributed by atoms with Crippen molar-refractivity contribution in [1.82, 2.24) is 19.4 Å². The standard InChI is InChI=1S/C19H24N4O4S/c1-22-15-5-3-4-13(19(22)24)11-23(12-15)28(25,26)16-6-7-18(27-2)17(8-16)14-9-20-21-10-14/h6-10,13,15H,3-5,11-12H2,1-2H3,(H,20,21)/t13-,15+/m1/s1. The monoisotopic (exact) mass is 404 g/mol. The second kappa shape index (κ2) is 7.21. The fraction of sp³-hybridized carbons (Fsp3) is 0.474. The Morgan fingerprint density at radius 2 is 2.07 bits per heavy atom. The van der Waals surface area contributed by atoms with Crippen molar-refractivity contribution >= 4 is 15.9 Å². The predicted octanol–water partition coefficient (Wildman–Crippen LogP) is 1.72. The smallest absolute Gasteiger partial charge is 0.243 e. The summed E-state index contributed by atoms with van der Waals surface area (Å²) in [6, 6.07) is 4.75. The van der Waals surface area contributed by atoms with E-state index < -0.39 is 10.0 Å². The maximum Gasteiger partial charge on any atom is 0.243 e. The van der Waals surface area contributed by atoms with Gasteiger partial charge in [0.1, 0.15) is 5.75 Å². The Morgan fingerprint density at radius 1 is 1.25 bits per heavy atom. The molecule has 2 aliphatic heterocycles. The van der Waals surface area contributed by atoms with Crippen LogP contribution in [0.3, 0.4) is 0 Å². The van der Waals surface area contributed by atoms with E-state index in [0.717, 1.165) is 24.8 Å². The fourth-order valence-electron chi connectivity index (χ4n) is 4.14. The maximum atomic E-state index is 13.4. The molecule has 2 aliphatic rings. The number of rotatable bonds is 4. The van der Waals surface area contributed by atoms with Crippen molar-refractivity contribution < 1.29 is 17.9 Å². The zero-order valence-electron chi connectivity index (χ0n) is 16.0. The van der Waals surface area contributed by atoms with Crippen molar-refractivity contribution in [1.29, 1.82) is 0 Å². The van der Waals surface area contributed by atoms with Gasteiger partial charge in [-0.1, -0.05) is 6.42 Å². The molecule has 28 heavy (non-hydrogen) atoms. The first-order valence-electron chi connectivity index (χ1n) is 9.36. The molecule has 1 aromatic carbocycles. The van der Waals surface area contributed by atoms with Crippen LogP contribution in [0.15, 0.2) is 35.5 Å². The maximum absolute atomic E-state index is 13.4. The van der Waals surface area contributed by atoms with Crippen LogP contribution in [0.25, 0.3) is 11.1 Å². The van der Waals surface area contributed by atoms with Gasteiger partial charge >= 0.3 is 0 Å². The first-order chi connectivity index (χ1) is 13.4. The number of carbonyl (C=O) groups excluding carboxylic acids is 1. The molecular formula is C19H24N4O4S. The molecule has 2 fully saturated rings. The average molecular weight is 404 g/mol. The molecule has 2 bridgehead atoms. The van der Waals surface area contributed by atoms with Gasteiger partial charge in [-0.3, -0.25) is 9.89 Å². The number of methoxy groups -OCH3 is 1. The second-order valence-corrected chi connectivity index (χ2v) is 9.34. The molecule has 2 saturated heterocycles. The van der Waals surface area contributed by atoms with Crippen LogP contribution in [0.5, 0.6) is 5.75 Å². The van der Waals surface area contributed by atoms with Crippen LogP contribution in [-0.2, 0) is 14.8 Å². The van der Waals surface area contributed by atoms with Gasteiger partial charge < -0.3 is 9.64 Å². The number of H-pyrrole nitrogens is 1. The van der Waals surface area contributed by atoms with E-state index >= 15 is 0 Å². The van der Waals surface area contributed by atoms with Crippen molar-refractivity contribution in [2.45, 2.75) is 30.2 Å². The van der Waals surface area contributed by atoms with Gasteiger partial charge in [0.15, 0.2) is 0 Å². The number of fused-ring (bicyclic) bond motifs is 3. The van der Waals surface area contributed by atoms with Gasteiger partial charge in [0.2, 0.25) is 15.9 Å². The third-order valence-electron chi connectivity index (χ3n) is 5.79. The molecule has 0 radical (unpaired) electrons. The van der Waals surface area contributed by atoms with E-state index in [-0.39, 0.29) is 29.3 Å². The summed E-state index contributed by atoms with van der Waals surface area (Å²) in [7, 11) is -0.415. The van der Waals surface area contributed by atoms with E-state index in [2.05, 4.69) is 10.2 Å². The number of aromatic nitrogens is 2. The third kappa shape index (κ3) is 3.18. The molecular weight excluding hydrogens is 380 g/mol. The Bertz CT molecular complexity index is 974. The van der Waals surface area contributed by atoms with E-state index in [0.29, 0.717) is 17.9 Å². The molecule has 1 aromatic heterocycles. The number of ether oxygens (including phenoxy) is 1. The van der Waals surface area contributed by atoms with Crippen molar-refractivity contribution in [3.8, 4) is 16.9 Å². The average Bonchev–Trinajstić information content (AvgIpc) is 3.13. The van der Waals surface area contributed by atoms with Gasteiger partial charge in [-0.2, -0.15) is 9.40 Å². The highest BCUT2D eigenvalue weighted by Crippen LogP contribution is 2.34. The minimum absolute atomic E-state index is 0.0500. The summed E-state index contributed by atoms with van der Waals surface area (Å²) in [5, 5.41) is 6.68. The first kappa shape index (κ1) is 18.9. The number of benzene rings is 1. The van der Waals surface area contributed by atoms with Crippen molar-refractivity contribution in [3.63, 3.8) is 0 Å². The van der Waals surface area contributed by atoms with E-state index in [1.54, 1.807) is 49.7 Å². The fourth-order valence-corrected chi connectivity index (χ4v) is 5.69. The summed E-state index contributed by atoms with van der Waals surface area (Å²) in [6.07, 6.45) is 5.82. The number of hydrogen-bond acceptors (Lipinski definition) is 5. The number of nitrogens with zero attached hydrogens (tertiary/aromatic N) is 3. The molecule has 9 heteroatoms. The Kier molecular flexibility index (Phi) is 4.88. The normalized spacial score (nSPS) is 23.5. The largest absolute Gasteiger partial charge is 0.496 e. The van der Waals surface area contributed by atoms with Gasteiger partial charge in [-0.05, 0) is 31.0 Å². The second-order valence-electron chi connectivity index (χ2n) is 7.40. The zero-order valence-corrected chi connectivity index (χ0v) is 16.8. The zero-order chi connectivity index (χ0) is 19.9. The molecule has 1 amide bonds. The summed E-state index contributed by atoms with van der Waals surface area (Å²) in [4.78, 5) is 14.5. The van der Waals surface area contributed by atoms with Crippen molar-refractivity contribution in [3.05, 3.63) is 30.6 Å². The van der Waals surface area contributed by atoms with Crippen LogP contribution >= 0.6 is 0 Å². The van der Waals surface area contributed by atoms with Crippen LogP contribution in [0.4, 0.5) is 0 Å². The molecule has 150 valence electrons. The van der Waals surface area contributed by atoms with Gasteiger partial charge in [-0.25, -0.2) is 8.42 Å². The third-order valence-corrected chi connectivity index (χ3v) is 7.62. The number of amides is 1. The molecule has 2 atom stereocenters. The molecule has 8 nitrogen and oxygen atoms in total. The topological polar surface area (TPSA) is 95.6 Å². The summed E-state index contributed by atoms with van der Waals surface area (Å²) >= 11 is 0. The van der Waals surface area contributed by atoms with E-state index in [4.69, 9.17) is 4.74 Å². The number of aromatic amines is 1. The first-order valence-corrected chi connectivity index (χ1v) is 10.8. The van der Waals surface area contributed by atoms with Crippen molar-refractivity contribution in [2.75, 3.05) is 27.2 Å². The molecule has 2 aromatic rings. The number of hydrogen-bond donors (Lipinski definition) is 1. The number of nitrogens with one attached hydrogen (secondary N) is 1. The highest BCUT2D eigenvalue weighted by Gasteiger charge is 2.40. The van der Waals surface area contributed by atoms with Crippen LogP contribution < -0.4 is 4.74 Å². The Labute approximate surface area is 164 Å². The summed E-state index contributed by atoms with van der Waals surface area (Å²) in [6.45, 7) is 0.559. The highest BCUT2D eigenvalue weighted by atomic mass is 32.2. The minimum atomic E-state index is -3.74. The van der Waals surface area contributed by atoms with Gasteiger partial charge in [0.05, 0.1) is 24.1 Å². The van der Waals surface area contributed by atoms with Crippen LogP contribution in [0.1, 0.15) is 19.3 Å². The Hall–Kier alpha value is -2.39. The SMILES string of the molecule is COc1ccc(S(=O)(=O)N2C[C@H]3CCC[C@@H](C2)N(C)C3=O)cc1-c1cn[nH]c1. The van der Waals surface area contributed by atoms with Gasteiger partial charge in [0, 0.05) is 43.5 Å². The molecule has 0 aliphatic carbocycles. The quantitative estimate of drug-likeness (QED) is 0.837. The molecule has 0 unspecified atom stereocenters. The van der Waals surface area contributed by atoms with Crippen LogP contribution in [0, 0.1) is 5.92 Å². The number of likely N-dealkylation sites (N-methyl/N-ethyl adjacent to an activating group) is 1. The van der Waals surface area contributed by atoms with Gasteiger partial charge in [-0.15, -0.1) is 0 Å². The summed E-state index contributed by atoms with van der Waals surface area (Å²) < 4.78 is 33.7. The predicted molar refractivity (Wildman–Crippen MR) is 103 cm³/mol. The van der Waals surface area contributed by atoms with E-state index in [1.165, 1.54) is 4.31 Å². The molecule has 1 N–H and O–H groups in total. The minimum Gasteiger partial charge on any atom is -0.496 e. The number of sulfonamides is 1. The van der Waals surface area contributed by atoms with Crippen LogP contribution in [-0.4, -0.2) is 67.0 Å². The molecule has 3 heterocycles. The molecule has 0 saturated carbocycles. The highest BCUT2D eigenvalue weighted by molar-refractivity contribution is 7.89. The van der Waals surface area contributed by atoms with Gasteiger partial charge in [0.25, 0.3) is 0 Å². The van der Waals surface area contributed by atoms with Crippen molar-refractivity contribution in [2.24, 2.45) is 5.92 Å². The Balaban J connectivity index is 1.73. The molecule has 4 rings (SSSR count). The lowest BCUT2D eigenvalue weighted by Crippen LogP contribution is -2.42. The summed E-state index contributed by atoms with van der Waals surface area (Å²) in [5.74, 6) is 0.343. The molecule has 0 spiro atoms. The lowest BCUT2D eigenvalue weighted by atomic mass is 10.0. The summed E-state index contributed by atoms with van der Waals surface area (Å²) in [5.41, 5.74) is 1.40. The van der Waals surface area contributed by atoms with E-state index in [9.17, 15) is 13.2 Å². The Morgan fingerprint density at radius 3 is 2.79 bits per heavy atom.